The Kier molecular flexibility index (Phi) is 4.33. The largest absolute Gasteiger partial charge is 0.368 e. The summed E-state index contributed by atoms with van der Waals surface area (Å²) in [7, 11) is 0. The lowest BCUT2D eigenvalue weighted by Gasteiger charge is -2.37. The molecule has 0 unspecified atom stereocenters. The highest BCUT2D eigenvalue weighted by Gasteiger charge is 2.23. The van der Waals surface area contributed by atoms with Crippen molar-refractivity contribution in [2.45, 2.75) is 20.8 Å². The average Bonchev–Trinajstić information content (AvgIpc) is 2.58. The van der Waals surface area contributed by atoms with Gasteiger partial charge < -0.3 is 9.80 Å². The Labute approximate surface area is 137 Å². The molecule has 0 atom stereocenters. The summed E-state index contributed by atoms with van der Waals surface area (Å²) < 4.78 is 0. The van der Waals surface area contributed by atoms with Crippen LogP contribution in [-0.2, 0) is 0 Å². The maximum absolute atomic E-state index is 12.5. The van der Waals surface area contributed by atoms with Gasteiger partial charge in [-0.25, -0.2) is 0 Å². The monoisotopic (exact) mass is 309 g/mol. The van der Waals surface area contributed by atoms with Gasteiger partial charge in [0.1, 0.15) is 0 Å². The van der Waals surface area contributed by atoms with E-state index in [0.29, 0.717) is 5.56 Å². The van der Waals surface area contributed by atoms with Gasteiger partial charge in [-0.3, -0.25) is 9.78 Å². The predicted molar refractivity (Wildman–Crippen MR) is 93.0 cm³/mol. The van der Waals surface area contributed by atoms with Gasteiger partial charge in [-0.2, -0.15) is 0 Å². The molecule has 1 aromatic heterocycles. The van der Waals surface area contributed by atoms with E-state index in [1.54, 1.807) is 6.20 Å². The molecule has 0 bridgehead atoms. The summed E-state index contributed by atoms with van der Waals surface area (Å²) in [6.07, 6.45) is 1.68. The zero-order valence-corrected chi connectivity index (χ0v) is 14.0. The third kappa shape index (κ3) is 3.21. The fourth-order valence-corrected chi connectivity index (χ4v) is 3.01. The van der Waals surface area contributed by atoms with E-state index in [0.717, 1.165) is 31.9 Å². The van der Waals surface area contributed by atoms with Crippen LogP contribution in [0, 0.1) is 20.8 Å². The Morgan fingerprint density at radius 2 is 1.74 bits per heavy atom. The number of nitrogens with zero attached hydrogens (tertiary/aromatic N) is 3. The van der Waals surface area contributed by atoms with E-state index in [2.05, 4.69) is 41.9 Å². The number of hydrogen-bond acceptors (Lipinski definition) is 3. The van der Waals surface area contributed by atoms with Crippen molar-refractivity contribution in [3.8, 4) is 0 Å². The molecule has 4 heteroatoms. The number of anilines is 1. The predicted octanol–water partition coefficient (Wildman–Crippen LogP) is 2.97. The second-order valence-corrected chi connectivity index (χ2v) is 6.19. The fourth-order valence-electron chi connectivity index (χ4n) is 3.01. The molecule has 2 heterocycles. The van der Waals surface area contributed by atoms with Gasteiger partial charge in [0.15, 0.2) is 0 Å². The first kappa shape index (κ1) is 15.5. The Morgan fingerprint density at radius 1 is 1.00 bits per heavy atom. The van der Waals surface area contributed by atoms with Gasteiger partial charge in [0.25, 0.3) is 5.91 Å². The van der Waals surface area contributed by atoms with Crippen molar-refractivity contribution in [2.24, 2.45) is 0 Å². The van der Waals surface area contributed by atoms with Crippen LogP contribution in [0.15, 0.2) is 36.5 Å². The smallest absolute Gasteiger partial charge is 0.255 e. The van der Waals surface area contributed by atoms with Crippen LogP contribution < -0.4 is 4.90 Å². The van der Waals surface area contributed by atoms with E-state index in [4.69, 9.17) is 0 Å². The molecule has 1 fully saturated rings. The molecule has 4 nitrogen and oxygen atoms in total. The van der Waals surface area contributed by atoms with E-state index < -0.39 is 0 Å². The van der Waals surface area contributed by atoms with Crippen molar-refractivity contribution in [2.75, 3.05) is 31.1 Å². The van der Waals surface area contributed by atoms with Crippen LogP contribution >= 0.6 is 0 Å². The summed E-state index contributed by atoms with van der Waals surface area (Å²) in [5.74, 6) is 0.0816. The van der Waals surface area contributed by atoms with Crippen LogP contribution in [0.3, 0.4) is 0 Å². The van der Waals surface area contributed by atoms with Crippen LogP contribution in [0.2, 0.25) is 0 Å². The maximum atomic E-state index is 12.5. The fraction of sp³-hybridized carbons (Fsp3) is 0.368. The number of hydrogen-bond donors (Lipinski definition) is 0. The van der Waals surface area contributed by atoms with Crippen LogP contribution in [0.5, 0.6) is 0 Å². The van der Waals surface area contributed by atoms with Crippen molar-refractivity contribution < 1.29 is 4.79 Å². The van der Waals surface area contributed by atoms with Gasteiger partial charge in [-0.1, -0.05) is 12.1 Å². The molecule has 1 aliphatic heterocycles. The molecule has 0 N–H and O–H groups in total. The Bertz CT molecular complexity index is 701. The van der Waals surface area contributed by atoms with Gasteiger partial charge in [0.05, 0.1) is 5.56 Å². The van der Waals surface area contributed by atoms with Crippen LogP contribution in [0.1, 0.15) is 27.2 Å². The van der Waals surface area contributed by atoms with Crippen molar-refractivity contribution in [3.05, 3.63) is 58.9 Å². The summed E-state index contributed by atoms with van der Waals surface area (Å²) in [5.41, 5.74) is 5.54. The standard InChI is InChI=1S/C19H23N3O/c1-14-5-4-6-18(16(14)3)21-9-11-22(12-10-21)19(23)17-8-7-15(2)20-13-17/h4-8,13H,9-12H2,1-3H3. The third-order valence-corrected chi connectivity index (χ3v) is 4.64. The van der Waals surface area contributed by atoms with Gasteiger partial charge in [0.2, 0.25) is 0 Å². The highest BCUT2D eigenvalue weighted by molar-refractivity contribution is 5.94. The lowest BCUT2D eigenvalue weighted by molar-refractivity contribution is 0.0746. The lowest BCUT2D eigenvalue weighted by atomic mass is 10.1. The van der Waals surface area contributed by atoms with Crippen molar-refractivity contribution in [1.29, 1.82) is 0 Å². The molecule has 0 radical (unpaired) electrons. The number of piperazine rings is 1. The second kappa shape index (κ2) is 6.41. The number of rotatable bonds is 2. The molecule has 0 spiro atoms. The first-order valence-corrected chi connectivity index (χ1v) is 8.09. The van der Waals surface area contributed by atoms with Gasteiger partial charge in [0, 0.05) is 43.8 Å². The molecule has 120 valence electrons. The van der Waals surface area contributed by atoms with Crippen LogP contribution in [-0.4, -0.2) is 42.0 Å². The van der Waals surface area contributed by atoms with Crippen molar-refractivity contribution in [3.63, 3.8) is 0 Å². The third-order valence-electron chi connectivity index (χ3n) is 4.64. The Morgan fingerprint density at radius 3 is 2.39 bits per heavy atom. The first-order valence-electron chi connectivity index (χ1n) is 8.09. The summed E-state index contributed by atoms with van der Waals surface area (Å²) in [5, 5.41) is 0. The molecule has 0 saturated carbocycles. The van der Waals surface area contributed by atoms with Crippen molar-refractivity contribution >= 4 is 11.6 Å². The topological polar surface area (TPSA) is 36.4 Å². The van der Waals surface area contributed by atoms with Gasteiger partial charge in [-0.05, 0) is 50.1 Å². The number of aromatic nitrogens is 1. The zero-order valence-electron chi connectivity index (χ0n) is 14.0. The molecule has 2 aromatic rings. The van der Waals surface area contributed by atoms with Gasteiger partial charge >= 0.3 is 0 Å². The molecule has 0 aliphatic carbocycles. The SMILES string of the molecule is Cc1ccc(C(=O)N2CCN(c3cccc(C)c3C)CC2)cn1. The number of benzene rings is 1. The van der Waals surface area contributed by atoms with E-state index >= 15 is 0 Å². The first-order chi connectivity index (χ1) is 11.1. The minimum absolute atomic E-state index is 0.0816. The van der Waals surface area contributed by atoms with Crippen molar-refractivity contribution in [1.82, 2.24) is 9.88 Å². The quantitative estimate of drug-likeness (QED) is 0.856. The van der Waals surface area contributed by atoms with E-state index in [1.807, 2.05) is 24.0 Å². The minimum atomic E-state index is 0.0816. The molecular weight excluding hydrogens is 286 g/mol. The molecular formula is C19H23N3O. The summed E-state index contributed by atoms with van der Waals surface area (Å²) >= 11 is 0. The van der Waals surface area contributed by atoms with Crippen LogP contribution in [0.25, 0.3) is 0 Å². The number of aryl methyl sites for hydroxylation is 2. The summed E-state index contributed by atoms with van der Waals surface area (Å²) in [6, 6.07) is 10.2. The normalized spacial score (nSPS) is 14.9. The zero-order chi connectivity index (χ0) is 16.4. The number of carbonyl (C=O) groups is 1. The van der Waals surface area contributed by atoms with E-state index in [9.17, 15) is 4.79 Å². The molecule has 1 aromatic carbocycles. The highest BCUT2D eigenvalue weighted by Crippen LogP contribution is 2.24. The highest BCUT2D eigenvalue weighted by atomic mass is 16.2. The molecule has 1 aliphatic rings. The number of amides is 1. The van der Waals surface area contributed by atoms with Gasteiger partial charge in [-0.15, -0.1) is 0 Å². The lowest BCUT2D eigenvalue weighted by Crippen LogP contribution is -2.49. The number of pyridine rings is 1. The summed E-state index contributed by atoms with van der Waals surface area (Å²) in [4.78, 5) is 21.1. The second-order valence-electron chi connectivity index (χ2n) is 6.19. The molecule has 3 rings (SSSR count). The Balaban J connectivity index is 1.67. The Hall–Kier alpha value is -2.36. The maximum Gasteiger partial charge on any atom is 0.255 e. The van der Waals surface area contributed by atoms with E-state index in [-0.39, 0.29) is 5.91 Å². The van der Waals surface area contributed by atoms with Crippen LogP contribution in [0.4, 0.5) is 5.69 Å². The number of carbonyl (C=O) groups excluding carboxylic acids is 1. The molecule has 1 amide bonds. The molecule has 1 saturated heterocycles. The summed E-state index contributed by atoms with van der Waals surface area (Å²) in [6.45, 7) is 9.48. The molecule has 23 heavy (non-hydrogen) atoms. The minimum Gasteiger partial charge on any atom is -0.368 e. The average molecular weight is 309 g/mol. The van der Waals surface area contributed by atoms with E-state index in [1.165, 1.54) is 16.8 Å².